The Balaban J connectivity index is 1.88. The molecule has 0 spiro atoms. The number of piperidine rings is 1. The third-order valence-electron chi connectivity index (χ3n) is 3.74. The summed E-state index contributed by atoms with van der Waals surface area (Å²) in [6.07, 6.45) is 1.67. The number of primary amides is 1. The van der Waals surface area contributed by atoms with Gasteiger partial charge in [-0.3, -0.25) is 14.5 Å². The molecule has 0 aromatic heterocycles. The molecular weight excluding hydrogens is 268 g/mol. The summed E-state index contributed by atoms with van der Waals surface area (Å²) in [5, 5.41) is 6.08. The second-order valence-electron chi connectivity index (χ2n) is 5.29. The molecule has 4 N–H and O–H groups in total. The summed E-state index contributed by atoms with van der Waals surface area (Å²) >= 11 is 0. The maximum absolute atomic E-state index is 12.3. The van der Waals surface area contributed by atoms with Gasteiger partial charge in [-0.15, -0.1) is 0 Å². The molecule has 1 heterocycles. The highest BCUT2D eigenvalue weighted by Crippen LogP contribution is 2.16. The molecule has 6 heteroatoms. The van der Waals surface area contributed by atoms with Crippen LogP contribution in [0.3, 0.4) is 0 Å². The Morgan fingerprint density at radius 3 is 2.57 bits per heavy atom. The summed E-state index contributed by atoms with van der Waals surface area (Å²) in [5.74, 6) is -0.367. The first-order valence-electron chi connectivity index (χ1n) is 7.18. The number of amides is 2. The monoisotopic (exact) mass is 290 g/mol. The lowest BCUT2D eigenvalue weighted by Gasteiger charge is -2.31. The molecule has 0 aliphatic carbocycles. The van der Waals surface area contributed by atoms with Crippen LogP contribution in [-0.4, -0.2) is 49.4 Å². The summed E-state index contributed by atoms with van der Waals surface area (Å²) in [7, 11) is 1.80. The van der Waals surface area contributed by atoms with E-state index < -0.39 is 0 Å². The Kier molecular flexibility index (Phi) is 5.16. The van der Waals surface area contributed by atoms with Crippen LogP contribution in [0, 0.1) is 0 Å². The van der Waals surface area contributed by atoms with Crippen LogP contribution in [0.15, 0.2) is 24.3 Å². The number of likely N-dealkylation sites (tertiary alicyclic amines) is 1. The van der Waals surface area contributed by atoms with Crippen molar-refractivity contribution < 1.29 is 9.59 Å². The topological polar surface area (TPSA) is 87.5 Å². The zero-order valence-electron chi connectivity index (χ0n) is 12.3. The molecule has 0 unspecified atom stereocenters. The fraction of sp³-hybridized carbons (Fsp3) is 0.467. The van der Waals surface area contributed by atoms with Gasteiger partial charge in [-0.2, -0.15) is 0 Å². The molecule has 6 nitrogen and oxygen atoms in total. The standard InChI is InChI=1S/C15H22N4O2/c1-17-13-5-3-2-4-12(13)15(21)18-11-6-8-19(9-7-11)10-14(16)20/h2-5,11,17H,6-10H2,1H3,(H2,16,20)(H,18,21). The summed E-state index contributed by atoms with van der Waals surface area (Å²) in [6.45, 7) is 1.85. The molecule has 114 valence electrons. The Morgan fingerprint density at radius 2 is 1.95 bits per heavy atom. The highest BCUT2D eigenvalue weighted by atomic mass is 16.2. The van der Waals surface area contributed by atoms with Crippen molar-refractivity contribution in [3.63, 3.8) is 0 Å². The Labute approximate surface area is 124 Å². The largest absolute Gasteiger partial charge is 0.387 e. The van der Waals surface area contributed by atoms with Crippen molar-refractivity contribution >= 4 is 17.5 Å². The van der Waals surface area contributed by atoms with Crippen molar-refractivity contribution in [3.8, 4) is 0 Å². The van der Waals surface area contributed by atoms with E-state index in [-0.39, 0.29) is 17.9 Å². The van der Waals surface area contributed by atoms with Crippen LogP contribution in [-0.2, 0) is 4.79 Å². The number of nitrogens with two attached hydrogens (primary N) is 1. The first kappa shape index (κ1) is 15.3. The van der Waals surface area contributed by atoms with Gasteiger partial charge in [0.05, 0.1) is 12.1 Å². The molecule has 1 saturated heterocycles. The van der Waals surface area contributed by atoms with E-state index in [1.54, 1.807) is 7.05 Å². The van der Waals surface area contributed by atoms with Crippen molar-refractivity contribution in [2.75, 3.05) is 32.0 Å². The van der Waals surface area contributed by atoms with E-state index in [1.807, 2.05) is 29.2 Å². The van der Waals surface area contributed by atoms with Crippen molar-refractivity contribution in [3.05, 3.63) is 29.8 Å². The fourth-order valence-corrected chi connectivity index (χ4v) is 2.62. The van der Waals surface area contributed by atoms with Gasteiger partial charge in [0.1, 0.15) is 0 Å². The number of rotatable bonds is 5. The maximum atomic E-state index is 12.3. The zero-order valence-corrected chi connectivity index (χ0v) is 12.3. The fourth-order valence-electron chi connectivity index (χ4n) is 2.62. The second kappa shape index (κ2) is 7.08. The summed E-state index contributed by atoms with van der Waals surface area (Å²) < 4.78 is 0. The Bertz CT molecular complexity index is 510. The molecule has 1 aromatic rings. The molecule has 1 aliphatic heterocycles. The minimum atomic E-state index is -0.305. The van der Waals surface area contributed by atoms with Gasteiger partial charge in [0.2, 0.25) is 5.91 Å². The van der Waals surface area contributed by atoms with Crippen LogP contribution in [0.5, 0.6) is 0 Å². The number of benzene rings is 1. The minimum absolute atomic E-state index is 0.0618. The van der Waals surface area contributed by atoms with Gasteiger partial charge in [-0.25, -0.2) is 0 Å². The van der Waals surface area contributed by atoms with Crippen LogP contribution in [0.1, 0.15) is 23.2 Å². The third kappa shape index (κ3) is 4.19. The van der Waals surface area contributed by atoms with Gasteiger partial charge in [0.15, 0.2) is 0 Å². The Hall–Kier alpha value is -2.08. The molecule has 2 amide bonds. The predicted octanol–water partition coefficient (Wildman–Crippen LogP) is 0.408. The van der Waals surface area contributed by atoms with Gasteiger partial charge in [0, 0.05) is 31.9 Å². The summed E-state index contributed by atoms with van der Waals surface area (Å²) in [4.78, 5) is 25.2. The first-order chi connectivity index (χ1) is 10.1. The summed E-state index contributed by atoms with van der Waals surface area (Å²) in [5.41, 5.74) is 6.66. The molecule has 21 heavy (non-hydrogen) atoms. The highest BCUT2D eigenvalue weighted by Gasteiger charge is 2.22. The van der Waals surface area contributed by atoms with Gasteiger partial charge >= 0.3 is 0 Å². The van der Waals surface area contributed by atoms with E-state index in [0.29, 0.717) is 12.1 Å². The smallest absolute Gasteiger partial charge is 0.253 e. The van der Waals surface area contributed by atoms with Gasteiger partial charge in [-0.1, -0.05) is 12.1 Å². The van der Waals surface area contributed by atoms with Crippen LogP contribution >= 0.6 is 0 Å². The molecule has 0 atom stereocenters. The SMILES string of the molecule is CNc1ccccc1C(=O)NC1CCN(CC(N)=O)CC1. The number of para-hydroxylation sites is 1. The summed E-state index contributed by atoms with van der Waals surface area (Å²) in [6, 6.07) is 7.58. The molecule has 1 fully saturated rings. The first-order valence-corrected chi connectivity index (χ1v) is 7.18. The minimum Gasteiger partial charge on any atom is -0.387 e. The Morgan fingerprint density at radius 1 is 1.29 bits per heavy atom. The number of anilines is 1. The quantitative estimate of drug-likeness (QED) is 0.733. The molecule has 2 rings (SSSR count). The van der Waals surface area contributed by atoms with Crippen LogP contribution < -0.4 is 16.4 Å². The number of nitrogens with one attached hydrogen (secondary N) is 2. The normalized spacial score (nSPS) is 16.4. The number of hydrogen-bond acceptors (Lipinski definition) is 4. The van der Waals surface area contributed by atoms with Crippen LogP contribution in [0.4, 0.5) is 5.69 Å². The van der Waals surface area contributed by atoms with Crippen molar-refractivity contribution in [1.82, 2.24) is 10.2 Å². The molecule has 0 saturated carbocycles. The zero-order chi connectivity index (χ0) is 15.2. The van der Waals surface area contributed by atoms with Gasteiger partial charge in [0.25, 0.3) is 5.91 Å². The molecule has 0 radical (unpaired) electrons. The van der Waals surface area contributed by atoms with E-state index >= 15 is 0 Å². The van der Waals surface area contributed by atoms with E-state index in [1.165, 1.54) is 0 Å². The average molecular weight is 290 g/mol. The van der Waals surface area contributed by atoms with Gasteiger partial charge in [-0.05, 0) is 25.0 Å². The van der Waals surface area contributed by atoms with Crippen molar-refractivity contribution in [1.29, 1.82) is 0 Å². The lowest BCUT2D eigenvalue weighted by Crippen LogP contribution is -2.46. The molecule has 1 aromatic carbocycles. The lowest BCUT2D eigenvalue weighted by atomic mass is 10.0. The van der Waals surface area contributed by atoms with Gasteiger partial charge < -0.3 is 16.4 Å². The number of carbonyl (C=O) groups excluding carboxylic acids is 2. The van der Waals surface area contributed by atoms with Crippen molar-refractivity contribution in [2.45, 2.75) is 18.9 Å². The lowest BCUT2D eigenvalue weighted by molar-refractivity contribution is -0.119. The third-order valence-corrected chi connectivity index (χ3v) is 3.74. The van der Waals surface area contributed by atoms with E-state index in [0.717, 1.165) is 31.6 Å². The van der Waals surface area contributed by atoms with E-state index in [9.17, 15) is 9.59 Å². The van der Waals surface area contributed by atoms with E-state index in [4.69, 9.17) is 5.73 Å². The highest BCUT2D eigenvalue weighted by molar-refractivity contribution is 5.99. The number of carbonyl (C=O) groups is 2. The predicted molar refractivity (Wildman–Crippen MR) is 82.1 cm³/mol. The van der Waals surface area contributed by atoms with Crippen LogP contribution in [0.25, 0.3) is 0 Å². The molecular formula is C15H22N4O2. The number of hydrogen-bond donors (Lipinski definition) is 3. The number of nitrogens with zero attached hydrogens (tertiary/aromatic N) is 1. The maximum Gasteiger partial charge on any atom is 0.253 e. The molecule has 0 bridgehead atoms. The van der Waals surface area contributed by atoms with Crippen molar-refractivity contribution in [2.24, 2.45) is 5.73 Å². The average Bonchev–Trinajstić information content (AvgIpc) is 2.48. The molecule has 1 aliphatic rings. The second-order valence-corrected chi connectivity index (χ2v) is 5.29. The van der Waals surface area contributed by atoms with Crippen LogP contribution in [0.2, 0.25) is 0 Å². The van der Waals surface area contributed by atoms with E-state index in [2.05, 4.69) is 10.6 Å².